The lowest BCUT2D eigenvalue weighted by molar-refractivity contribution is -0.165. The summed E-state index contributed by atoms with van der Waals surface area (Å²) in [5, 5.41) is 5.10. The first-order chi connectivity index (χ1) is 27.2. The summed E-state index contributed by atoms with van der Waals surface area (Å²) in [7, 11) is 0. The van der Waals surface area contributed by atoms with Gasteiger partial charge in [-0.25, -0.2) is 24.2 Å². The van der Waals surface area contributed by atoms with Crippen LogP contribution in [0.5, 0.6) is 0 Å². The van der Waals surface area contributed by atoms with Crippen molar-refractivity contribution in [3.63, 3.8) is 0 Å². The average molecular weight is 792 g/mol. The van der Waals surface area contributed by atoms with E-state index < -0.39 is 84.8 Å². The van der Waals surface area contributed by atoms with E-state index >= 15 is 0 Å². The van der Waals surface area contributed by atoms with Gasteiger partial charge >= 0.3 is 30.1 Å². The number of ether oxygens (including phenoxy) is 5. The van der Waals surface area contributed by atoms with E-state index in [0.717, 1.165) is 11.1 Å². The van der Waals surface area contributed by atoms with Crippen LogP contribution >= 0.6 is 0 Å². The number of amides is 2. The SMILES string of the molecule is CC(=O)OCC(CCn1cnc2c(=O)[nH]c(N)nc21)(COC(=O)[C@@H](NC(=O)OCc1ccccc1)C(C)C)COC(=O)[C@@H](NC(=O)OCc1ccccc1)C(C)C. The maximum Gasteiger partial charge on any atom is 0.408 e. The van der Waals surface area contributed by atoms with Crippen LogP contribution in [0.2, 0.25) is 0 Å². The Hall–Kier alpha value is -6.46. The fourth-order valence-electron chi connectivity index (χ4n) is 5.50. The monoisotopic (exact) mass is 791 g/mol. The zero-order chi connectivity index (χ0) is 41.5. The predicted molar refractivity (Wildman–Crippen MR) is 205 cm³/mol. The lowest BCUT2D eigenvalue weighted by Crippen LogP contribution is -2.49. The number of nitrogens with zero attached hydrogens (tertiary/aromatic N) is 3. The van der Waals surface area contributed by atoms with E-state index in [-0.39, 0.29) is 43.3 Å². The molecule has 0 bridgehead atoms. The summed E-state index contributed by atoms with van der Waals surface area (Å²) >= 11 is 0. The molecule has 0 radical (unpaired) electrons. The summed E-state index contributed by atoms with van der Waals surface area (Å²) in [6.07, 6.45) is -0.338. The van der Waals surface area contributed by atoms with Crippen LogP contribution in [0.15, 0.2) is 71.8 Å². The zero-order valence-corrected chi connectivity index (χ0v) is 32.5. The highest BCUT2D eigenvalue weighted by molar-refractivity contribution is 5.82. The van der Waals surface area contributed by atoms with E-state index in [1.54, 1.807) is 76.2 Å². The van der Waals surface area contributed by atoms with E-state index in [4.69, 9.17) is 29.4 Å². The number of nitrogens with one attached hydrogen (secondary N) is 3. The first kappa shape index (κ1) is 43.3. The average Bonchev–Trinajstić information content (AvgIpc) is 3.60. The van der Waals surface area contributed by atoms with Crippen LogP contribution in [-0.2, 0) is 57.8 Å². The quantitative estimate of drug-likeness (QED) is 0.0783. The molecule has 2 heterocycles. The molecular weight excluding hydrogens is 742 g/mol. The maximum absolute atomic E-state index is 13.6. The molecule has 5 N–H and O–H groups in total. The molecule has 18 heteroatoms. The van der Waals surface area contributed by atoms with Crippen molar-refractivity contribution in [3.05, 3.63) is 88.5 Å². The molecule has 0 fully saturated rings. The highest BCUT2D eigenvalue weighted by atomic mass is 16.6. The van der Waals surface area contributed by atoms with Crippen molar-refractivity contribution >= 4 is 47.2 Å². The van der Waals surface area contributed by atoms with Gasteiger partial charge in [0.2, 0.25) is 5.95 Å². The lowest BCUT2D eigenvalue weighted by Gasteiger charge is -2.34. The number of rotatable bonds is 19. The normalized spacial score (nSPS) is 12.4. The number of carbonyl (C=O) groups is 5. The topological polar surface area (TPSA) is 245 Å². The van der Waals surface area contributed by atoms with Gasteiger partial charge in [-0.3, -0.25) is 14.6 Å². The number of carbonyl (C=O) groups excluding carboxylic acids is 5. The summed E-state index contributed by atoms with van der Waals surface area (Å²) in [5.41, 5.74) is 5.46. The summed E-state index contributed by atoms with van der Waals surface area (Å²) in [4.78, 5) is 88.1. The minimum atomic E-state index is -1.43. The molecule has 18 nitrogen and oxygen atoms in total. The molecule has 0 aliphatic rings. The molecule has 0 aliphatic carbocycles. The van der Waals surface area contributed by atoms with E-state index in [1.807, 2.05) is 12.1 Å². The van der Waals surface area contributed by atoms with Crippen molar-refractivity contribution in [1.82, 2.24) is 30.2 Å². The largest absolute Gasteiger partial charge is 0.465 e. The Bertz CT molecular complexity index is 1950. The maximum atomic E-state index is 13.6. The number of anilines is 1. The number of alkyl carbamates (subject to hydrolysis) is 2. The highest BCUT2D eigenvalue weighted by Gasteiger charge is 2.39. The second kappa shape index (κ2) is 20.5. The number of esters is 3. The molecule has 306 valence electrons. The first-order valence-corrected chi connectivity index (χ1v) is 18.3. The predicted octanol–water partition coefficient (Wildman–Crippen LogP) is 3.63. The number of aromatic amines is 1. The number of nitrogens with two attached hydrogens (primary N) is 1. The molecule has 0 aliphatic heterocycles. The fourth-order valence-corrected chi connectivity index (χ4v) is 5.50. The van der Waals surface area contributed by atoms with Gasteiger partial charge in [-0.15, -0.1) is 0 Å². The van der Waals surface area contributed by atoms with Crippen LogP contribution in [0, 0.1) is 17.3 Å². The molecule has 0 saturated carbocycles. The Labute approximate surface area is 328 Å². The number of nitrogen functional groups attached to an aromatic ring is 1. The molecule has 2 amide bonds. The molecule has 57 heavy (non-hydrogen) atoms. The highest BCUT2D eigenvalue weighted by Crippen LogP contribution is 2.28. The molecule has 0 saturated heterocycles. The van der Waals surface area contributed by atoms with Crippen molar-refractivity contribution < 1.29 is 47.7 Å². The zero-order valence-electron chi connectivity index (χ0n) is 32.5. The Morgan fingerprint density at radius 2 is 1.23 bits per heavy atom. The molecular formula is C39H49N7O11. The molecule has 4 aromatic rings. The number of H-pyrrole nitrogens is 1. The van der Waals surface area contributed by atoms with Gasteiger partial charge in [0.1, 0.15) is 45.1 Å². The number of hydrogen-bond donors (Lipinski definition) is 4. The molecule has 4 rings (SSSR count). The molecule has 2 aromatic heterocycles. The summed E-state index contributed by atoms with van der Waals surface area (Å²) < 4.78 is 29.2. The van der Waals surface area contributed by atoms with Crippen LogP contribution in [0.25, 0.3) is 11.2 Å². The van der Waals surface area contributed by atoms with Crippen LogP contribution < -0.4 is 21.9 Å². The minimum Gasteiger partial charge on any atom is -0.465 e. The van der Waals surface area contributed by atoms with Gasteiger partial charge in [0.05, 0.1) is 11.7 Å². The standard InChI is InChI=1S/C39H49N7O11/c1-24(2)29(42-37(51)53-18-27-12-8-6-9-13-27)34(49)56-21-39(20-55-26(5)47,16-17-46-23-41-31-32(46)44-36(40)45-33(31)48)22-57-35(50)30(25(3)4)43-38(52)54-19-28-14-10-7-11-15-28/h6-15,23-25,29-30H,16-22H2,1-5H3,(H,42,51)(H,43,52)(H3,40,44,45,48)/t29-,30-/m0/s1. The third-order valence-corrected chi connectivity index (χ3v) is 8.81. The second-order valence-corrected chi connectivity index (χ2v) is 14.2. The number of fused-ring (bicyclic) bond motifs is 1. The number of aromatic nitrogens is 4. The number of hydrogen-bond acceptors (Lipinski definition) is 14. The van der Waals surface area contributed by atoms with Gasteiger partial charge in [-0.05, 0) is 29.4 Å². The molecule has 0 spiro atoms. The Kier molecular flexibility index (Phi) is 15.5. The smallest absolute Gasteiger partial charge is 0.408 e. The van der Waals surface area contributed by atoms with Crippen LogP contribution in [0.4, 0.5) is 15.5 Å². The Morgan fingerprint density at radius 1 is 0.754 bits per heavy atom. The van der Waals surface area contributed by atoms with Gasteiger partial charge in [-0.1, -0.05) is 88.4 Å². The van der Waals surface area contributed by atoms with Crippen LogP contribution in [0.3, 0.4) is 0 Å². The van der Waals surface area contributed by atoms with E-state index in [1.165, 1.54) is 17.8 Å². The number of benzene rings is 2. The summed E-state index contributed by atoms with van der Waals surface area (Å²) in [5.74, 6) is -3.39. The van der Waals surface area contributed by atoms with E-state index in [2.05, 4.69) is 25.6 Å². The minimum absolute atomic E-state index is 0.00152. The number of imidazole rings is 1. The van der Waals surface area contributed by atoms with Crippen molar-refractivity contribution in [3.8, 4) is 0 Å². The Morgan fingerprint density at radius 3 is 1.68 bits per heavy atom. The van der Waals surface area contributed by atoms with E-state index in [0.29, 0.717) is 0 Å². The summed E-state index contributed by atoms with van der Waals surface area (Å²) in [6, 6.07) is 15.7. The van der Waals surface area contributed by atoms with Crippen molar-refractivity contribution in [2.24, 2.45) is 17.3 Å². The van der Waals surface area contributed by atoms with Crippen molar-refractivity contribution in [2.75, 3.05) is 25.6 Å². The van der Waals surface area contributed by atoms with Crippen molar-refractivity contribution in [2.45, 2.75) is 72.9 Å². The third kappa shape index (κ3) is 13.1. The van der Waals surface area contributed by atoms with Gasteiger partial charge in [0, 0.05) is 13.5 Å². The summed E-state index contributed by atoms with van der Waals surface area (Å²) in [6.45, 7) is 6.61. The fraction of sp³-hybridized carbons (Fsp3) is 0.436. The van der Waals surface area contributed by atoms with Crippen LogP contribution in [0.1, 0.15) is 52.2 Å². The lowest BCUT2D eigenvalue weighted by atomic mass is 9.86. The van der Waals surface area contributed by atoms with E-state index in [9.17, 15) is 28.8 Å². The second-order valence-electron chi connectivity index (χ2n) is 14.2. The van der Waals surface area contributed by atoms with Crippen molar-refractivity contribution in [1.29, 1.82) is 0 Å². The molecule has 2 aromatic carbocycles. The first-order valence-electron chi connectivity index (χ1n) is 18.3. The van der Waals surface area contributed by atoms with Gasteiger partial charge in [-0.2, -0.15) is 4.98 Å². The molecule has 2 atom stereocenters. The number of aryl methyl sites for hydroxylation is 1. The van der Waals surface area contributed by atoms with Gasteiger partial charge < -0.3 is 44.6 Å². The van der Waals surface area contributed by atoms with Crippen LogP contribution in [-0.4, -0.2) is 81.5 Å². The van der Waals surface area contributed by atoms with Gasteiger partial charge in [0.15, 0.2) is 11.2 Å². The van der Waals surface area contributed by atoms with Gasteiger partial charge in [0.25, 0.3) is 5.56 Å². The Balaban J connectivity index is 1.55. The third-order valence-electron chi connectivity index (χ3n) is 8.81. The molecule has 0 unspecified atom stereocenters.